The van der Waals surface area contributed by atoms with Crippen molar-refractivity contribution in [2.24, 2.45) is 7.05 Å². The van der Waals surface area contributed by atoms with Gasteiger partial charge in [0.1, 0.15) is 5.82 Å². The van der Waals surface area contributed by atoms with Crippen molar-refractivity contribution in [1.29, 1.82) is 0 Å². The van der Waals surface area contributed by atoms with Gasteiger partial charge < -0.3 is 5.32 Å². The number of thioether (sulfide) groups is 1. The van der Waals surface area contributed by atoms with Gasteiger partial charge in [0.25, 0.3) is 0 Å². The summed E-state index contributed by atoms with van der Waals surface area (Å²) in [6.45, 7) is 6.22. The van der Waals surface area contributed by atoms with Crippen LogP contribution < -0.4 is 5.32 Å². The Morgan fingerprint density at radius 3 is 2.71 bits per heavy atom. The van der Waals surface area contributed by atoms with Crippen molar-refractivity contribution in [1.82, 2.24) is 19.6 Å². The number of carbonyl (C=O) groups is 1. The first kappa shape index (κ1) is 14.2. The molecular weight excluding hydrogens is 286 g/mol. The monoisotopic (exact) mass is 305 g/mol. The van der Waals surface area contributed by atoms with Gasteiger partial charge >= 0.3 is 0 Å². The number of carbonyl (C=O) groups excluding carboxylic acids is 1. The minimum Gasteiger partial charge on any atom is -0.310 e. The number of rotatable bonds is 1. The molecule has 0 saturated heterocycles. The van der Waals surface area contributed by atoms with E-state index in [1.54, 1.807) is 16.4 Å². The van der Waals surface area contributed by atoms with Crippen molar-refractivity contribution in [3.8, 4) is 0 Å². The second kappa shape index (κ2) is 4.91. The molecule has 1 amide bonds. The normalized spacial score (nSPS) is 19.0. The van der Waals surface area contributed by atoms with Crippen LogP contribution in [-0.2, 0) is 17.4 Å². The number of nitrogens with zero attached hydrogens (tertiary/aromatic N) is 4. The molecule has 112 valence electrons. The number of anilines is 1. The molecule has 0 aliphatic carbocycles. The third-order valence-corrected chi connectivity index (χ3v) is 4.67. The van der Waals surface area contributed by atoms with Gasteiger partial charge in [0.2, 0.25) is 5.91 Å². The second-order valence-corrected chi connectivity index (χ2v) is 7.31. The Labute approximate surface area is 127 Å². The summed E-state index contributed by atoms with van der Waals surface area (Å²) in [7, 11) is 1.90. The molecule has 0 bridgehead atoms. The zero-order valence-corrected chi connectivity index (χ0v) is 13.4. The Hall–Kier alpha value is -1.76. The van der Waals surface area contributed by atoms with Gasteiger partial charge in [0.15, 0.2) is 0 Å². The molecule has 0 aromatic carbocycles. The highest BCUT2D eigenvalue weighted by Crippen LogP contribution is 2.42. The molecule has 0 fully saturated rings. The maximum absolute atomic E-state index is 12.0. The van der Waals surface area contributed by atoms with Crippen LogP contribution in [-0.4, -0.2) is 31.2 Å². The summed E-state index contributed by atoms with van der Waals surface area (Å²) < 4.78 is 3.67. The van der Waals surface area contributed by atoms with E-state index in [2.05, 4.69) is 36.3 Å². The zero-order valence-electron chi connectivity index (χ0n) is 12.6. The smallest absolute Gasteiger partial charge is 0.235 e. The Balaban J connectivity index is 2.11. The maximum atomic E-state index is 12.0. The van der Waals surface area contributed by atoms with Crippen LogP contribution in [0.3, 0.4) is 0 Å². The van der Waals surface area contributed by atoms with Gasteiger partial charge in [-0.2, -0.15) is 10.2 Å². The minimum atomic E-state index is -0.185. The van der Waals surface area contributed by atoms with Crippen LogP contribution in [0.5, 0.6) is 0 Å². The van der Waals surface area contributed by atoms with Gasteiger partial charge in [0, 0.05) is 24.4 Å². The molecule has 0 radical (unpaired) electrons. The van der Waals surface area contributed by atoms with Gasteiger partial charge in [-0.15, -0.1) is 11.8 Å². The number of hydrogen-bond donors (Lipinski definition) is 1. The van der Waals surface area contributed by atoms with Crippen LogP contribution in [0.2, 0.25) is 0 Å². The molecule has 7 heteroatoms. The van der Waals surface area contributed by atoms with Gasteiger partial charge in [-0.3, -0.25) is 9.48 Å². The molecule has 1 aliphatic heterocycles. The van der Waals surface area contributed by atoms with E-state index in [4.69, 9.17) is 0 Å². The van der Waals surface area contributed by atoms with Crippen LogP contribution in [0, 0.1) is 0 Å². The van der Waals surface area contributed by atoms with Crippen LogP contribution in [0.4, 0.5) is 5.82 Å². The minimum absolute atomic E-state index is 0.0126. The van der Waals surface area contributed by atoms with Gasteiger partial charge in [-0.05, 0) is 20.8 Å². The lowest BCUT2D eigenvalue weighted by molar-refractivity contribution is -0.113. The Bertz CT molecular complexity index is 682. The maximum Gasteiger partial charge on any atom is 0.235 e. The summed E-state index contributed by atoms with van der Waals surface area (Å²) in [6, 6.07) is 0. The van der Waals surface area contributed by atoms with E-state index in [-0.39, 0.29) is 16.7 Å². The number of fused-ring (bicyclic) bond motifs is 1. The summed E-state index contributed by atoms with van der Waals surface area (Å²) in [5.41, 5.74) is 1.94. The first-order chi connectivity index (χ1) is 9.86. The van der Waals surface area contributed by atoms with Crippen LogP contribution in [0.1, 0.15) is 37.1 Å². The summed E-state index contributed by atoms with van der Waals surface area (Å²) in [5.74, 6) is 1.24. The summed E-state index contributed by atoms with van der Waals surface area (Å²) >= 11 is 1.61. The molecule has 0 spiro atoms. The van der Waals surface area contributed by atoms with Crippen molar-refractivity contribution in [3.05, 3.63) is 29.7 Å². The summed E-state index contributed by atoms with van der Waals surface area (Å²) in [5, 5.41) is 11.8. The zero-order chi connectivity index (χ0) is 15.2. The number of amides is 1. The fourth-order valence-electron chi connectivity index (χ4n) is 2.45. The quantitative estimate of drug-likeness (QED) is 0.877. The summed E-state index contributed by atoms with van der Waals surface area (Å²) in [6.07, 6.45) is 5.70. The van der Waals surface area contributed by atoms with E-state index in [9.17, 15) is 4.79 Å². The second-order valence-electron chi connectivity index (χ2n) is 6.22. The third-order valence-electron chi connectivity index (χ3n) is 3.38. The topological polar surface area (TPSA) is 64.7 Å². The highest BCUT2D eigenvalue weighted by atomic mass is 32.2. The van der Waals surface area contributed by atoms with Crippen molar-refractivity contribution in [3.63, 3.8) is 0 Å². The van der Waals surface area contributed by atoms with Crippen LogP contribution >= 0.6 is 11.8 Å². The van der Waals surface area contributed by atoms with E-state index in [0.717, 1.165) is 16.9 Å². The highest BCUT2D eigenvalue weighted by Gasteiger charge is 2.31. The number of aromatic nitrogens is 4. The van der Waals surface area contributed by atoms with Crippen LogP contribution in [0.25, 0.3) is 0 Å². The lowest BCUT2D eigenvalue weighted by Gasteiger charge is -2.22. The standard InChI is InChI=1S/C14H19N5OS/c1-14(2,3)19-13-10(6-16-19)12(21-8-11(20)17-13)9-5-15-18(4)7-9/h5-7,12H,8H2,1-4H3,(H,17,20). The number of hydrogen-bond acceptors (Lipinski definition) is 4. The molecule has 1 N–H and O–H groups in total. The Kier molecular flexibility index (Phi) is 3.32. The van der Waals surface area contributed by atoms with Gasteiger partial charge in [-0.1, -0.05) is 0 Å². The molecule has 0 saturated carbocycles. The Morgan fingerprint density at radius 2 is 2.10 bits per heavy atom. The lowest BCUT2D eigenvalue weighted by atomic mass is 10.1. The predicted molar refractivity (Wildman–Crippen MR) is 83.4 cm³/mol. The Morgan fingerprint density at radius 1 is 1.33 bits per heavy atom. The van der Waals surface area contributed by atoms with Crippen molar-refractivity contribution in [2.75, 3.05) is 11.1 Å². The fraction of sp³-hybridized carbons (Fsp3) is 0.500. The van der Waals surface area contributed by atoms with E-state index in [1.165, 1.54) is 0 Å². The summed E-state index contributed by atoms with van der Waals surface area (Å²) in [4.78, 5) is 12.0. The van der Waals surface area contributed by atoms with Gasteiger partial charge in [0.05, 0.1) is 28.9 Å². The predicted octanol–water partition coefficient (Wildman–Crippen LogP) is 2.15. The average Bonchev–Trinajstić information content (AvgIpc) is 2.94. The molecular formula is C14H19N5OS. The van der Waals surface area contributed by atoms with E-state index < -0.39 is 0 Å². The van der Waals surface area contributed by atoms with Crippen molar-refractivity contribution >= 4 is 23.5 Å². The SMILES string of the molecule is Cn1cc(C2SCC(=O)Nc3c2cnn3C(C)(C)C)cn1. The third kappa shape index (κ3) is 2.57. The van der Waals surface area contributed by atoms with E-state index in [0.29, 0.717) is 5.75 Å². The molecule has 1 atom stereocenters. The largest absolute Gasteiger partial charge is 0.310 e. The highest BCUT2D eigenvalue weighted by molar-refractivity contribution is 8.00. The van der Waals surface area contributed by atoms with Crippen LogP contribution in [0.15, 0.2) is 18.6 Å². The first-order valence-corrected chi connectivity index (χ1v) is 7.89. The average molecular weight is 305 g/mol. The van der Waals surface area contributed by atoms with Gasteiger partial charge in [-0.25, -0.2) is 4.68 Å². The molecule has 1 unspecified atom stereocenters. The van der Waals surface area contributed by atoms with E-state index in [1.807, 2.05) is 30.3 Å². The molecule has 1 aliphatic rings. The molecule has 2 aromatic rings. The molecule has 21 heavy (non-hydrogen) atoms. The molecule has 2 aromatic heterocycles. The number of aryl methyl sites for hydroxylation is 1. The number of nitrogens with one attached hydrogen (secondary N) is 1. The fourth-order valence-corrected chi connectivity index (χ4v) is 3.51. The van der Waals surface area contributed by atoms with Crippen molar-refractivity contribution in [2.45, 2.75) is 31.6 Å². The lowest BCUT2D eigenvalue weighted by Crippen LogP contribution is -2.27. The molecule has 3 heterocycles. The van der Waals surface area contributed by atoms with E-state index >= 15 is 0 Å². The molecule has 6 nitrogen and oxygen atoms in total. The molecule has 3 rings (SSSR count). The van der Waals surface area contributed by atoms with Crippen molar-refractivity contribution < 1.29 is 4.79 Å². The first-order valence-electron chi connectivity index (χ1n) is 6.84.